The molecule has 1 saturated heterocycles. The Morgan fingerprint density at radius 3 is 2.75 bits per heavy atom. The van der Waals surface area contributed by atoms with E-state index in [1.54, 1.807) is 24.3 Å². The summed E-state index contributed by atoms with van der Waals surface area (Å²) in [5.74, 6) is -1.33. The molecule has 0 aliphatic carbocycles. The summed E-state index contributed by atoms with van der Waals surface area (Å²) in [7, 11) is -3.05. The summed E-state index contributed by atoms with van der Waals surface area (Å²) >= 11 is 0. The van der Waals surface area contributed by atoms with E-state index < -0.39 is 27.8 Å². The zero-order chi connectivity index (χ0) is 17.7. The van der Waals surface area contributed by atoms with Gasteiger partial charge in [-0.3, -0.25) is 9.59 Å². The molecule has 1 amide bonds. The summed E-state index contributed by atoms with van der Waals surface area (Å²) < 4.78 is 27.8. The Balaban J connectivity index is 1.87. The number of ether oxygens (including phenoxy) is 1. The van der Waals surface area contributed by atoms with E-state index in [1.807, 2.05) is 6.07 Å². The van der Waals surface area contributed by atoms with E-state index in [4.69, 9.17) is 10.00 Å². The summed E-state index contributed by atoms with van der Waals surface area (Å²) in [5, 5.41) is 11.5. The van der Waals surface area contributed by atoms with Gasteiger partial charge in [-0.05, 0) is 31.4 Å². The number of carbonyl (C=O) groups is 2. The number of amides is 1. The molecule has 1 aliphatic heterocycles. The van der Waals surface area contributed by atoms with Gasteiger partial charge in [0.05, 0.1) is 22.8 Å². The van der Waals surface area contributed by atoms with E-state index in [0.29, 0.717) is 17.7 Å². The molecule has 1 aliphatic rings. The number of hydrogen-bond acceptors (Lipinski definition) is 6. The third-order valence-electron chi connectivity index (χ3n) is 3.76. The molecule has 1 aromatic rings. The van der Waals surface area contributed by atoms with Crippen molar-refractivity contribution in [1.29, 1.82) is 5.26 Å². The van der Waals surface area contributed by atoms with Crippen molar-refractivity contribution >= 4 is 27.4 Å². The van der Waals surface area contributed by atoms with Gasteiger partial charge in [-0.25, -0.2) is 8.42 Å². The number of nitrogens with one attached hydrogen (secondary N) is 1. The van der Waals surface area contributed by atoms with E-state index >= 15 is 0 Å². The largest absolute Gasteiger partial charge is 0.453 e. The van der Waals surface area contributed by atoms with Crippen molar-refractivity contribution in [3.05, 3.63) is 29.8 Å². The zero-order valence-corrected chi connectivity index (χ0v) is 14.0. The molecule has 0 bridgehead atoms. The number of nitriles is 1. The first-order valence-corrected chi connectivity index (χ1v) is 9.33. The lowest BCUT2D eigenvalue weighted by Crippen LogP contribution is -2.30. The number of nitrogens with zero attached hydrogens (tertiary/aromatic N) is 1. The van der Waals surface area contributed by atoms with Crippen LogP contribution in [0.5, 0.6) is 0 Å². The van der Waals surface area contributed by atoms with Crippen LogP contribution in [0.25, 0.3) is 0 Å². The average molecular weight is 350 g/mol. The molecule has 0 unspecified atom stereocenters. The molecule has 1 aromatic carbocycles. The predicted octanol–water partition coefficient (Wildman–Crippen LogP) is 1.25. The van der Waals surface area contributed by atoms with Crippen LogP contribution < -0.4 is 5.32 Å². The van der Waals surface area contributed by atoms with Gasteiger partial charge >= 0.3 is 5.97 Å². The minimum absolute atomic E-state index is 0.0157. The first-order chi connectivity index (χ1) is 11.3. The van der Waals surface area contributed by atoms with Crippen molar-refractivity contribution in [1.82, 2.24) is 0 Å². The zero-order valence-electron chi connectivity index (χ0n) is 13.2. The summed E-state index contributed by atoms with van der Waals surface area (Å²) in [6.07, 6.45) is -0.624. The van der Waals surface area contributed by atoms with Gasteiger partial charge in [0.25, 0.3) is 5.91 Å². The molecule has 128 valence electrons. The Morgan fingerprint density at radius 1 is 1.42 bits per heavy atom. The molecule has 0 aromatic heterocycles. The maximum Gasteiger partial charge on any atom is 0.306 e. The van der Waals surface area contributed by atoms with Gasteiger partial charge in [-0.1, -0.05) is 12.1 Å². The molecule has 0 spiro atoms. The average Bonchev–Trinajstić information content (AvgIpc) is 2.86. The lowest BCUT2D eigenvalue weighted by atomic mass is 10.1. The summed E-state index contributed by atoms with van der Waals surface area (Å²) in [5.41, 5.74) is 0.648. The number of esters is 1. The van der Waals surface area contributed by atoms with E-state index in [-0.39, 0.29) is 23.8 Å². The van der Waals surface area contributed by atoms with Gasteiger partial charge in [0, 0.05) is 6.42 Å². The lowest BCUT2D eigenvalue weighted by Gasteiger charge is -2.15. The Labute approximate surface area is 140 Å². The monoisotopic (exact) mass is 350 g/mol. The topological polar surface area (TPSA) is 113 Å². The van der Waals surface area contributed by atoms with Crippen LogP contribution in [0.4, 0.5) is 5.69 Å². The number of rotatable bonds is 5. The smallest absolute Gasteiger partial charge is 0.306 e. The minimum Gasteiger partial charge on any atom is -0.453 e. The van der Waals surface area contributed by atoms with Gasteiger partial charge in [-0.2, -0.15) is 5.26 Å². The maximum atomic E-state index is 12.1. The van der Waals surface area contributed by atoms with Gasteiger partial charge in [0.15, 0.2) is 15.9 Å². The number of hydrogen-bond donors (Lipinski definition) is 1. The molecule has 24 heavy (non-hydrogen) atoms. The molecular weight excluding hydrogens is 332 g/mol. The van der Waals surface area contributed by atoms with Crippen molar-refractivity contribution < 1.29 is 22.7 Å². The van der Waals surface area contributed by atoms with Crippen LogP contribution in [0.2, 0.25) is 0 Å². The first kappa shape index (κ1) is 17.9. The maximum absolute atomic E-state index is 12.1. The van der Waals surface area contributed by atoms with Gasteiger partial charge in [-0.15, -0.1) is 0 Å². The first-order valence-electron chi connectivity index (χ1n) is 7.50. The molecule has 1 N–H and O–H groups in total. The van der Waals surface area contributed by atoms with Gasteiger partial charge in [0.1, 0.15) is 6.07 Å². The molecule has 0 radical (unpaired) electrons. The highest BCUT2D eigenvalue weighted by molar-refractivity contribution is 7.91. The van der Waals surface area contributed by atoms with Crippen molar-refractivity contribution in [2.75, 3.05) is 16.8 Å². The third-order valence-corrected chi connectivity index (χ3v) is 5.60. The number of para-hydroxylation sites is 1. The summed E-state index contributed by atoms with van der Waals surface area (Å²) in [6.45, 7) is 1.42. The Morgan fingerprint density at radius 2 is 2.12 bits per heavy atom. The quantitative estimate of drug-likeness (QED) is 0.800. The van der Waals surface area contributed by atoms with Crippen LogP contribution in [-0.2, 0) is 24.2 Å². The van der Waals surface area contributed by atoms with Crippen molar-refractivity contribution in [2.45, 2.75) is 25.9 Å². The molecule has 2 rings (SSSR count). The van der Waals surface area contributed by atoms with Crippen molar-refractivity contribution in [3.63, 3.8) is 0 Å². The molecule has 8 heteroatoms. The van der Waals surface area contributed by atoms with Gasteiger partial charge in [0.2, 0.25) is 0 Å². The highest BCUT2D eigenvalue weighted by Crippen LogP contribution is 2.22. The molecule has 1 heterocycles. The van der Waals surface area contributed by atoms with Crippen LogP contribution in [0, 0.1) is 17.2 Å². The van der Waals surface area contributed by atoms with E-state index in [9.17, 15) is 18.0 Å². The van der Waals surface area contributed by atoms with E-state index in [0.717, 1.165) is 0 Å². The molecule has 7 nitrogen and oxygen atoms in total. The van der Waals surface area contributed by atoms with Crippen LogP contribution >= 0.6 is 0 Å². The normalized spacial score (nSPS) is 19.9. The summed E-state index contributed by atoms with van der Waals surface area (Å²) in [4.78, 5) is 23.9. The van der Waals surface area contributed by atoms with Crippen LogP contribution in [0.3, 0.4) is 0 Å². The second-order valence-corrected chi connectivity index (χ2v) is 7.98. The Kier molecular flexibility index (Phi) is 5.57. The van der Waals surface area contributed by atoms with E-state index in [1.165, 1.54) is 6.92 Å². The number of anilines is 1. The third kappa shape index (κ3) is 4.80. The summed E-state index contributed by atoms with van der Waals surface area (Å²) in [6, 6.07) is 8.45. The molecular formula is C16H18N2O5S. The van der Waals surface area contributed by atoms with E-state index in [2.05, 4.69) is 5.32 Å². The Hall–Kier alpha value is -2.40. The van der Waals surface area contributed by atoms with Gasteiger partial charge < -0.3 is 10.1 Å². The standard InChI is InChI=1S/C16H18N2O5S/c1-11(16(20)18-14-5-3-2-4-13(14)9-17)23-15(19)8-12-6-7-24(21,22)10-12/h2-5,11-12H,6-8,10H2,1H3,(H,18,20)/t11-,12-/m0/s1. The lowest BCUT2D eigenvalue weighted by molar-refractivity contribution is -0.153. The number of sulfone groups is 1. The van der Waals surface area contributed by atoms with Crippen LogP contribution in [0.1, 0.15) is 25.3 Å². The molecule has 2 atom stereocenters. The fourth-order valence-corrected chi connectivity index (χ4v) is 4.35. The molecule has 1 fully saturated rings. The SMILES string of the molecule is C[C@H](OC(=O)C[C@@H]1CCS(=O)(=O)C1)C(=O)Nc1ccccc1C#N. The highest BCUT2D eigenvalue weighted by atomic mass is 32.2. The van der Waals surface area contributed by atoms with Crippen LogP contribution in [0.15, 0.2) is 24.3 Å². The highest BCUT2D eigenvalue weighted by Gasteiger charge is 2.30. The van der Waals surface area contributed by atoms with Crippen LogP contribution in [-0.4, -0.2) is 37.9 Å². The fraction of sp³-hybridized carbons (Fsp3) is 0.438. The van der Waals surface area contributed by atoms with Crippen molar-refractivity contribution in [2.24, 2.45) is 5.92 Å². The number of benzene rings is 1. The Bertz CT molecular complexity index is 782. The second kappa shape index (κ2) is 7.45. The molecule has 0 saturated carbocycles. The number of carbonyl (C=O) groups excluding carboxylic acids is 2. The second-order valence-electron chi connectivity index (χ2n) is 5.75. The fourth-order valence-electron chi connectivity index (χ4n) is 2.49. The predicted molar refractivity (Wildman–Crippen MR) is 86.7 cm³/mol. The van der Waals surface area contributed by atoms with Crippen molar-refractivity contribution in [3.8, 4) is 6.07 Å². The minimum atomic E-state index is -3.05.